The van der Waals surface area contributed by atoms with Crippen molar-refractivity contribution in [2.75, 3.05) is 33.3 Å². The summed E-state index contributed by atoms with van der Waals surface area (Å²) in [5, 5.41) is 3.32. The van der Waals surface area contributed by atoms with E-state index < -0.39 is 0 Å². The van der Waals surface area contributed by atoms with Crippen LogP contribution in [0.2, 0.25) is 0 Å². The summed E-state index contributed by atoms with van der Waals surface area (Å²) in [6, 6.07) is 0. The van der Waals surface area contributed by atoms with Gasteiger partial charge in [-0.3, -0.25) is 4.79 Å². The number of rotatable bonds is 4. The molecule has 2 rings (SSSR count). The lowest BCUT2D eigenvalue weighted by Gasteiger charge is -2.29. The summed E-state index contributed by atoms with van der Waals surface area (Å²) in [4.78, 5) is 14.2. The number of ether oxygens (including phenoxy) is 1. The van der Waals surface area contributed by atoms with Crippen LogP contribution in [0.25, 0.3) is 0 Å². The van der Waals surface area contributed by atoms with Crippen LogP contribution in [0.15, 0.2) is 0 Å². The van der Waals surface area contributed by atoms with Gasteiger partial charge in [-0.2, -0.15) is 0 Å². The quantitative estimate of drug-likeness (QED) is 0.824. The number of morpholine rings is 1. The van der Waals surface area contributed by atoms with Crippen LogP contribution in [0.5, 0.6) is 0 Å². The molecule has 0 bridgehead atoms. The van der Waals surface area contributed by atoms with Gasteiger partial charge in [-0.15, -0.1) is 0 Å². The summed E-state index contributed by atoms with van der Waals surface area (Å²) in [6.07, 6.45) is 7.15. The number of nitrogens with one attached hydrogen (secondary N) is 1. The average molecular weight is 254 g/mol. The molecule has 1 N–H and O–H groups in total. The van der Waals surface area contributed by atoms with Crippen LogP contribution in [0.4, 0.5) is 0 Å². The molecule has 1 aliphatic carbocycles. The lowest BCUT2D eigenvalue weighted by molar-refractivity contribution is -0.135. The molecule has 0 aromatic carbocycles. The largest absolute Gasteiger partial charge is 0.376 e. The molecule has 0 radical (unpaired) electrons. The number of carbonyl (C=O) groups excluding carboxylic acids is 1. The molecule has 4 heteroatoms. The molecule has 2 aliphatic rings. The van der Waals surface area contributed by atoms with Gasteiger partial charge in [0, 0.05) is 32.6 Å². The number of nitrogens with zero attached hydrogens (tertiary/aromatic N) is 1. The fraction of sp³-hybridized carbons (Fsp3) is 0.929. The zero-order valence-electron chi connectivity index (χ0n) is 11.5. The predicted octanol–water partition coefficient (Wildman–Crippen LogP) is 1.40. The van der Waals surface area contributed by atoms with Crippen molar-refractivity contribution in [2.24, 2.45) is 5.92 Å². The Hall–Kier alpha value is -0.610. The van der Waals surface area contributed by atoms with Gasteiger partial charge in [-0.1, -0.05) is 19.3 Å². The molecular weight excluding hydrogens is 228 g/mol. The first-order valence-electron chi connectivity index (χ1n) is 7.34. The number of hydrogen-bond donors (Lipinski definition) is 1. The molecular formula is C14H26N2O2. The van der Waals surface area contributed by atoms with Crippen molar-refractivity contribution in [1.29, 1.82) is 0 Å². The Balaban J connectivity index is 1.69. The Morgan fingerprint density at radius 1 is 1.33 bits per heavy atom. The molecule has 1 heterocycles. The first-order valence-corrected chi connectivity index (χ1v) is 7.34. The average Bonchev–Trinajstić information content (AvgIpc) is 2.46. The Bertz CT molecular complexity index is 259. The van der Waals surface area contributed by atoms with Crippen LogP contribution >= 0.6 is 0 Å². The molecule has 1 aliphatic heterocycles. The summed E-state index contributed by atoms with van der Waals surface area (Å²) in [5.41, 5.74) is 0. The summed E-state index contributed by atoms with van der Waals surface area (Å²) in [5.74, 6) is 0.632. The second-order valence-electron chi connectivity index (χ2n) is 5.58. The Morgan fingerprint density at radius 2 is 2.11 bits per heavy atom. The van der Waals surface area contributed by atoms with Gasteiger partial charge in [0.15, 0.2) is 0 Å². The van der Waals surface area contributed by atoms with Gasteiger partial charge in [0.2, 0.25) is 5.91 Å². The first-order chi connectivity index (χ1) is 8.77. The molecule has 1 unspecified atom stereocenters. The van der Waals surface area contributed by atoms with Crippen molar-refractivity contribution < 1.29 is 9.53 Å². The van der Waals surface area contributed by atoms with Crippen LogP contribution < -0.4 is 5.32 Å². The van der Waals surface area contributed by atoms with E-state index in [1.165, 1.54) is 19.3 Å². The summed E-state index contributed by atoms with van der Waals surface area (Å²) >= 11 is 0. The van der Waals surface area contributed by atoms with Crippen molar-refractivity contribution in [3.63, 3.8) is 0 Å². The highest BCUT2D eigenvalue weighted by Gasteiger charge is 2.24. The van der Waals surface area contributed by atoms with E-state index in [9.17, 15) is 4.79 Å². The molecule has 1 saturated heterocycles. The zero-order chi connectivity index (χ0) is 12.8. The lowest BCUT2D eigenvalue weighted by Crippen LogP contribution is -2.41. The summed E-state index contributed by atoms with van der Waals surface area (Å²) in [7, 11) is 1.94. The van der Waals surface area contributed by atoms with Crippen LogP contribution in [-0.2, 0) is 9.53 Å². The molecule has 1 amide bonds. The second kappa shape index (κ2) is 7.10. The maximum Gasteiger partial charge on any atom is 0.225 e. The molecule has 0 aromatic heterocycles. The van der Waals surface area contributed by atoms with Gasteiger partial charge >= 0.3 is 0 Å². The fourth-order valence-electron chi connectivity index (χ4n) is 2.91. The van der Waals surface area contributed by atoms with Gasteiger partial charge in [-0.05, 0) is 19.3 Å². The Labute approximate surface area is 110 Å². The van der Waals surface area contributed by atoms with Crippen LogP contribution in [0.1, 0.15) is 38.5 Å². The fourth-order valence-corrected chi connectivity index (χ4v) is 2.91. The Kier molecular flexibility index (Phi) is 5.45. The van der Waals surface area contributed by atoms with Crippen molar-refractivity contribution in [1.82, 2.24) is 10.2 Å². The van der Waals surface area contributed by atoms with E-state index in [0.717, 1.165) is 45.5 Å². The van der Waals surface area contributed by atoms with Gasteiger partial charge in [0.25, 0.3) is 0 Å². The molecule has 0 aromatic rings. The summed E-state index contributed by atoms with van der Waals surface area (Å²) < 4.78 is 5.65. The van der Waals surface area contributed by atoms with Crippen LogP contribution in [0, 0.1) is 5.92 Å². The van der Waals surface area contributed by atoms with Crippen molar-refractivity contribution in [3.8, 4) is 0 Å². The SMILES string of the molecule is CN(CCC1CNCCO1)C(=O)C1CCCCC1. The standard InChI is InChI=1S/C14H26N2O2/c1-16(9-7-13-11-15-8-10-18-13)14(17)12-5-3-2-4-6-12/h12-13,15H,2-11H2,1H3. The molecule has 2 fully saturated rings. The van der Waals surface area contributed by atoms with E-state index in [4.69, 9.17) is 4.74 Å². The van der Waals surface area contributed by atoms with E-state index in [1.807, 2.05) is 11.9 Å². The Morgan fingerprint density at radius 3 is 2.78 bits per heavy atom. The number of hydrogen-bond acceptors (Lipinski definition) is 3. The zero-order valence-corrected chi connectivity index (χ0v) is 11.5. The minimum Gasteiger partial charge on any atom is -0.376 e. The van der Waals surface area contributed by atoms with E-state index in [2.05, 4.69) is 5.32 Å². The topological polar surface area (TPSA) is 41.6 Å². The monoisotopic (exact) mass is 254 g/mol. The molecule has 0 spiro atoms. The highest BCUT2D eigenvalue weighted by molar-refractivity contribution is 5.78. The molecule has 104 valence electrons. The third kappa shape index (κ3) is 3.95. The van der Waals surface area contributed by atoms with Gasteiger partial charge in [0.05, 0.1) is 12.7 Å². The van der Waals surface area contributed by atoms with Crippen LogP contribution in [0.3, 0.4) is 0 Å². The molecule has 1 atom stereocenters. The van der Waals surface area contributed by atoms with E-state index >= 15 is 0 Å². The van der Waals surface area contributed by atoms with Gasteiger partial charge in [-0.25, -0.2) is 0 Å². The highest BCUT2D eigenvalue weighted by Crippen LogP contribution is 2.25. The van der Waals surface area contributed by atoms with Gasteiger partial charge in [0.1, 0.15) is 0 Å². The van der Waals surface area contributed by atoms with Gasteiger partial charge < -0.3 is 15.0 Å². The first kappa shape index (κ1) is 13.8. The van der Waals surface area contributed by atoms with Crippen LogP contribution in [-0.4, -0.2) is 50.2 Å². The predicted molar refractivity (Wildman–Crippen MR) is 71.4 cm³/mol. The highest BCUT2D eigenvalue weighted by atomic mass is 16.5. The minimum atomic E-state index is 0.278. The second-order valence-corrected chi connectivity index (χ2v) is 5.58. The third-order valence-electron chi connectivity index (χ3n) is 4.12. The molecule has 1 saturated carbocycles. The molecule has 4 nitrogen and oxygen atoms in total. The van der Waals surface area contributed by atoms with Crippen molar-refractivity contribution in [3.05, 3.63) is 0 Å². The normalized spacial score (nSPS) is 25.9. The maximum absolute atomic E-state index is 12.2. The maximum atomic E-state index is 12.2. The lowest BCUT2D eigenvalue weighted by atomic mass is 9.88. The van der Waals surface area contributed by atoms with Crippen molar-refractivity contribution in [2.45, 2.75) is 44.6 Å². The third-order valence-corrected chi connectivity index (χ3v) is 4.12. The van der Waals surface area contributed by atoms with E-state index in [1.54, 1.807) is 0 Å². The minimum absolute atomic E-state index is 0.278. The smallest absolute Gasteiger partial charge is 0.225 e. The number of carbonyl (C=O) groups is 1. The van der Waals surface area contributed by atoms with Crippen molar-refractivity contribution >= 4 is 5.91 Å². The van der Waals surface area contributed by atoms with E-state index in [-0.39, 0.29) is 12.0 Å². The van der Waals surface area contributed by atoms with E-state index in [0.29, 0.717) is 5.91 Å². The molecule has 18 heavy (non-hydrogen) atoms. The number of amides is 1. The summed E-state index contributed by atoms with van der Waals surface area (Å²) in [6.45, 7) is 3.49.